The zero-order valence-corrected chi connectivity index (χ0v) is 21.2. The van der Waals surface area contributed by atoms with Crippen molar-refractivity contribution in [2.75, 3.05) is 5.75 Å². The SMILES string of the molecule is C=C1/C(=C\C=C2/CCC[C@@]3(C)[C@H]2C[C@H](O)[C@@H]3C(C)SCCCC(C)(C)O)C[C@@H](O)C[C@@H]1O. The number of fused-ring (bicyclic) bond motifs is 1. The first-order valence-electron chi connectivity index (χ1n) is 12.4. The topological polar surface area (TPSA) is 80.9 Å². The van der Waals surface area contributed by atoms with E-state index in [0.717, 1.165) is 55.4 Å². The Balaban J connectivity index is 1.71. The second kappa shape index (κ2) is 10.4. The average Bonchev–Trinajstić information content (AvgIpc) is 2.96. The van der Waals surface area contributed by atoms with Crippen molar-refractivity contribution in [2.24, 2.45) is 17.3 Å². The van der Waals surface area contributed by atoms with Crippen LogP contribution in [0.25, 0.3) is 0 Å². The average molecular weight is 465 g/mol. The zero-order chi connectivity index (χ0) is 23.7. The maximum Gasteiger partial charge on any atom is 0.0811 e. The van der Waals surface area contributed by atoms with Crippen LogP contribution < -0.4 is 0 Å². The Morgan fingerprint density at radius 2 is 1.94 bits per heavy atom. The van der Waals surface area contributed by atoms with Crippen LogP contribution in [0.5, 0.6) is 0 Å². The largest absolute Gasteiger partial charge is 0.393 e. The number of rotatable bonds is 7. The number of hydrogen-bond donors (Lipinski definition) is 4. The minimum Gasteiger partial charge on any atom is -0.393 e. The highest BCUT2D eigenvalue weighted by Crippen LogP contribution is 2.59. The fraction of sp³-hybridized carbons (Fsp3) is 0.778. The molecule has 3 fully saturated rings. The molecule has 7 atom stereocenters. The molecule has 4 nitrogen and oxygen atoms in total. The van der Waals surface area contributed by atoms with Crippen LogP contribution in [0.1, 0.15) is 79.1 Å². The molecule has 32 heavy (non-hydrogen) atoms. The van der Waals surface area contributed by atoms with E-state index in [1.165, 1.54) is 5.57 Å². The smallest absolute Gasteiger partial charge is 0.0811 e. The quantitative estimate of drug-likeness (QED) is 0.408. The molecule has 0 amide bonds. The van der Waals surface area contributed by atoms with Gasteiger partial charge in [0.2, 0.25) is 0 Å². The summed E-state index contributed by atoms with van der Waals surface area (Å²) in [4.78, 5) is 0. The molecule has 0 saturated heterocycles. The van der Waals surface area contributed by atoms with Gasteiger partial charge < -0.3 is 20.4 Å². The molecule has 5 heteroatoms. The molecular weight excluding hydrogens is 420 g/mol. The van der Waals surface area contributed by atoms with E-state index < -0.39 is 17.8 Å². The summed E-state index contributed by atoms with van der Waals surface area (Å²) in [5.41, 5.74) is 2.55. The van der Waals surface area contributed by atoms with Gasteiger partial charge in [-0.3, -0.25) is 0 Å². The Morgan fingerprint density at radius 1 is 1.22 bits per heavy atom. The lowest BCUT2D eigenvalue weighted by atomic mass is 9.63. The van der Waals surface area contributed by atoms with E-state index >= 15 is 0 Å². The van der Waals surface area contributed by atoms with Crippen LogP contribution in [0.3, 0.4) is 0 Å². The molecule has 0 aromatic carbocycles. The zero-order valence-electron chi connectivity index (χ0n) is 20.4. The summed E-state index contributed by atoms with van der Waals surface area (Å²) >= 11 is 1.94. The molecular formula is C27H44O4S. The molecule has 1 unspecified atom stereocenters. The van der Waals surface area contributed by atoms with Crippen molar-refractivity contribution in [3.8, 4) is 0 Å². The third-order valence-corrected chi connectivity index (χ3v) is 9.50. The van der Waals surface area contributed by atoms with E-state index in [1.807, 2.05) is 25.6 Å². The lowest BCUT2D eigenvalue weighted by Crippen LogP contribution is -2.39. The van der Waals surface area contributed by atoms with E-state index in [0.29, 0.717) is 24.0 Å². The maximum atomic E-state index is 11.1. The van der Waals surface area contributed by atoms with E-state index in [9.17, 15) is 20.4 Å². The Hall–Kier alpha value is -0.590. The molecule has 3 aliphatic carbocycles. The van der Waals surface area contributed by atoms with Gasteiger partial charge in [-0.2, -0.15) is 11.8 Å². The predicted molar refractivity (Wildman–Crippen MR) is 134 cm³/mol. The molecule has 0 aliphatic heterocycles. The van der Waals surface area contributed by atoms with Gasteiger partial charge in [0.1, 0.15) is 0 Å². The summed E-state index contributed by atoms with van der Waals surface area (Å²) in [6, 6.07) is 0. The van der Waals surface area contributed by atoms with Gasteiger partial charge in [0.05, 0.1) is 23.9 Å². The van der Waals surface area contributed by atoms with Crippen molar-refractivity contribution < 1.29 is 20.4 Å². The van der Waals surface area contributed by atoms with Gasteiger partial charge in [-0.25, -0.2) is 0 Å². The van der Waals surface area contributed by atoms with Gasteiger partial charge in [-0.15, -0.1) is 0 Å². The van der Waals surface area contributed by atoms with Crippen LogP contribution in [0, 0.1) is 17.3 Å². The van der Waals surface area contributed by atoms with Gasteiger partial charge in [0, 0.05) is 17.6 Å². The normalized spacial score (nSPS) is 39.5. The van der Waals surface area contributed by atoms with Gasteiger partial charge in [0.25, 0.3) is 0 Å². The second-order valence-electron chi connectivity index (χ2n) is 11.3. The van der Waals surface area contributed by atoms with Crippen LogP contribution in [-0.2, 0) is 0 Å². The van der Waals surface area contributed by atoms with Crippen molar-refractivity contribution in [3.63, 3.8) is 0 Å². The molecule has 3 saturated carbocycles. The fourth-order valence-electron chi connectivity index (χ4n) is 6.48. The molecule has 182 valence electrons. The molecule has 3 aliphatic rings. The molecule has 0 spiro atoms. The summed E-state index contributed by atoms with van der Waals surface area (Å²) in [6.07, 6.45) is 9.65. The summed E-state index contributed by atoms with van der Waals surface area (Å²) in [6.45, 7) is 12.4. The van der Waals surface area contributed by atoms with Gasteiger partial charge in [0.15, 0.2) is 0 Å². The molecule has 0 radical (unpaired) electrons. The number of aliphatic hydroxyl groups is 4. The summed E-state index contributed by atoms with van der Waals surface area (Å²) in [5.74, 6) is 1.65. The van der Waals surface area contributed by atoms with Crippen LogP contribution in [0.2, 0.25) is 0 Å². The monoisotopic (exact) mass is 464 g/mol. The highest BCUT2D eigenvalue weighted by molar-refractivity contribution is 7.99. The number of aliphatic hydroxyl groups excluding tert-OH is 3. The second-order valence-corrected chi connectivity index (χ2v) is 12.8. The van der Waals surface area contributed by atoms with Crippen LogP contribution in [0.4, 0.5) is 0 Å². The minimum atomic E-state index is -0.660. The minimum absolute atomic E-state index is 0.0905. The Kier molecular flexibility index (Phi) is 8.42. The fourth-order valence-corrected chi connectivity index (χ4v) is 7.87. The number of hydrogen-bond acceptors (Lipinski definition) is 5. The molecule has 0 heterocycles. The molecule has 4 N–H and O–H groups in total. The summed E-state index contributed by atoms with van der Waals surface area (Å²) < 4.78 is 0. The van der Waals surface area contributed by atoms with E-state index in [4.69, 9.17) is 0 Å². The van der Waals surface area contributed by atoms with Crippen LogP contribution in [-0.4, -0.2) is 55.3 Å². The summed E-state index contributed by atoms with van der Waals surface area (Å²) in [7, 11) is 0. The van der Waals surface area contributed by atoms with E-state index in [2.05, 4.69) is 32.6 Å². The standard InChI is InChI=1S/C27H44O4S/c1-17-20(14-21(28)15-23(17)29)10-9-19-8-6-12-27(5)22(19)16-24(30)25(27)18(2)32-13-7-11-26(3,4)31/h9-10,18,21-25,28-31H,1,6-8,11-16H2,2-5H3/b19-9+,20-10-/t18?,21-,22+,23+,24+,25+,27+/m1/s1. The lowest BCUT2D eigenvalue weighted by Gasteiger charge is -2.44. The van der Waals surface area contributed by atoms with Gasteiger partial charge in [-0.1, -0.05) is 38.2 Å². The molecule has 0 aromatic rings. The third kappa shape index (κ3) is 5.90. The maximum absolute atomic E-state index is 11.1. The van der Waals surface area contributed by atoms with E-state index in [-0.39, 0.29) is 17.4 Å². The molecule has 0 bridgehead atoms. The first kappa shape index (κ1) is 26.0. The lowest BCUT2D eigenvalue weighted by molar-refractivity contribution is 0.0678. The Morgan fingerprint density at radius 3 is 2.62 bits per heavy atom. The predicted octanol–water partition coefficient (Wildman–Crippen LogP) is 4.77. The van der Waals surface area contributed by atoms with Crippen LogP contribution in [0.15, 0.2) is 35.5 Å². The molecule has 0 aromatic heterocycles. The first-order chi connectivity index (χ1) is 14.9. The van der Waals surface area contributed by atoms with Crippen molar-refractivity contribution in [2.45, 2.75) is 108 Å². The Bertz CT molecular complexity index is 736. The van der Waals surface area contributed by atoms with Crippen molar-refractivity contribution in [3.05, 3.63) is 35.5 Å². The van der Waals surface area contributed by atoms with Gasteiger partial charge >= 0.3 is 0 Å². The number of thioether (sulfide) groups is 1. The highest BCUT2D eigenvalue weighted by atomic mass is 32.2. The van der Waals surface area contributed by atoms with Crippen LogP contribution >= 0.6 is 11.8 Å². The number of allylic oxidation sites excluding steroid dienone is 3. The van der Waals surface area contributed by atoms with Crippen molar-refractivity contribution >= 4 is 11.8 Å². The Labute approximate surface area is 198 Å². The third-order valence-electron chi connectivity index (χ3n) is 8.16. The van der Waals surface area contributed by atoms with E-state index in [1.54, 1.807) is 0 Å². The molecule has 3 rings (SSSR count). The van der Waals surface area contributed by atoms with Crippen molar-refractivity contribution in [1.29, 1.82) is 0 Å². The summed E-state index contributed by atoms with van der Waals surface area (Å²) in [5, 5.41) is 41.6. The first-order valence-corrected chi connectivity index (χ1v) is 13.4. The van der Waals surface area contributed by atoms with Crippen molar-refractivity contribution in [1.82, 2.24) is 0 Å². The highest BCUT2D eigenvalue weighted by Gasteiger charge is 2.55. The van der Waals surface area contributed by atoms with Gasteiger partial charge in [-0.05, 0) is 87.0 Å².